The zero-order valence-electron chi connectivity index (χ0n) is 13.1. The Hall–Kier alpha value is -1.52. The molecule has 0 aromatic heterocycles. The number of hydrogen-bond donors (Lipinski definition) is 1. The minimum absolute atomic E-state index is 0.142. The van der Waals surface area contributed by atoms with Crippen LogP contribution in [0.4, 0.5) is 5.69 Å². The van der Waals surface area contributed by atoms with Gasteiger partial charge in [-0.25, -0.2) is 0 Å². The second-order valence-electron chi connectivity index (χ2n) is 6.22. The molecule has 0 radical (unpaired) electrons. The number of halogens is 1. The summed E-state index contributed by atoms with van der Waals surface area (Å²) in [6.07, 6.45) is 2.44. The van der Waals surface area contributed by atoms with Crippen molar-refractivity contribution < 1.29 is 9.47 Å². The second kappa shape index (κ2) is 6.17. The number of hydrogen-bond acceptors (Lipinski definition) is 3. The van der Waals surface area contributed by atoms with Crippen molar-refractivity contribution in [2.45, 2.75) is 25.0 Å². The molecule has 2 aromatic rings. The average Bonchev–Trinajstić information content (AvgIpc) is 2.61. The van der Waals surface area contributed by atoms with E-state index in [0.29, 0.717) is 5.92 Å². The molecule has 0 saturated carbocycles. The summed E-state index contributed by atoms with van der Waals surface area (Å²) in [5.41, 5.74) is 3.69. The van der Waals surface area contributed by atoms with E-state index in [-0.39, 0.29) is 12.1 Å². The van der Waals surface area contributed by atoms with E-state index in [1.807, 2.05) is 6.07 Å². The van der Waals surface area contributed by atoms with Crippen molar-refractivity contribution >= 4 is 21.6 Å². The standard InChI is InChI=1S/C19H20BrNO2/c1-22-14-8-9-17-16(11-14)19-15(3-2-10-23-19)18(21-17)12-4-6-13(20)7-5-12/h4-9,11,15,18-19,21H,2-3,10H2,1H3. The van der Waals surface area contributed by atoms with Crippen molar-refractivity contribution in [3.8, 4) is 5.75 Å². The molecule has 2 aliphatic heterocycles. The molecule has 2 aromatic carbocycles. The molecule has 23 heavy (non-hydrogen) atoms. The second-order valence-corrected chi connectivity index (χ2v) is 7.14. The van der Waals surface area contributed by atoms with Crippen molar-refractivity contribution in [2.24, 2.45) is 5.92 Å². The highest BCUT2D eigenvalue weighted by molar-refractivity contribution is 9.10. The van der Waals surface area contributed by atoms with Gasteiger partial charge in [-0.15, -0.1) is 0 Å². The van der Waals surface area contributed by atoms with Gasteiger partial charge < -0.3 is 14.8 Å². The molecule has 1 N–H and O–H groups in total. The number of methoxy groups -OCH3 is 1. The fourth-order valence-electron chi connectivity index (χ4n) is 3.78. The number of nitrogens with one attached hydrogen (secondary N) is 1. The molecule has 1 saturated heterocycles. The Morgan fingerprint density at radius 3 is 2.78 bits per heavy atom. The summed E-state index contributed by atoms with van der Waals surface area (Å²) in [6.45, 7) is 0.838. The lowest BCUT2D eigenvalue weighted by atomic mass is 9.77. The molecule has 0 amide bonds. The quantitative estimate of drug-likeness (QED) is 0.794. The topological polar surface area (TPSA) is 30.5 Å². The van der Waals surface area contributed by atoms with Crippen LogP contribution < -0.4 is 10.1 Å². The highest BCUT2D eigenvalue weighted by Gasteiger charge is 2.39. The van der Waals surface area contributed by atoms with Crippen molar-refractivity contribution in [3.05, 3.63) is 58.1 Å². The van der Waals surface area contributed by atoms with Crippen molar-refractivity contribution in [3.63, 3.8) is 0 Å². The summed E-state index contributed by atoms with van der Waals surface area (Å²) in [4.78, 5) is 0. The number of benzene rings is 2. The maximum atomic E-state index is 6.18. The predicted molar refractivity (Wildman–Crippen MR) is 94.9 cm³/mol. The maximum Gasteiger partial charge on any atom is 0.119 e. The Morgan fingerprint density at radius 2 is 2.00 bits per heavy atom. The van der Waals surface area contributed by atoms with Gasteiger partial charge in [-0.05, 0) is 48.7 Å². The fraction of sp³-hybridized carbons (Fsp3) is 0.368. The Morgan fingerprint density at radius 1 is 1.17 bits per heavy atom. The predicted octanol–water partition coefficient (Wildman–Crippen LogP) is 5.09. The summed E-state index contributed by atoms with van der Waals surface area (Å²) < 4.78 is 12.7. The van der Waals surface area contributed by atoms with Crippen LogP contribution in [0.1, 0.15) is 36.1 Å². The van der Waals surface area contributed by atoms with Gasteiger partial charge in [0.1, 0.15) is 5.75 Å². The van der Waals surface area contributed by atoms with Gasteiger partial charge in [0, 0.05) is 28.2 Å². The number of anilines is 1. The first kappa shape index (κ1) is 15.0. The van der Waals surface area contributed by atoms with Gasteiger partial charge in [0.2, 0.25) is 0 Å². The van der Waals surface area contributed by atoms with Crippen LogP contribution in [-0.2, 0) is 4.74 Å². The Bertz CT molecular complexity index is 701. The largest absolute Gasteiger partial charge is 0.497 e. The lowest BCUT2D eigenvalue weighted by molar-refractivity contribution is -0.0382. The first-order valence-electron chi connectivity index (χ1n) is 8.08. The van der Waals surface area contributed by atoms with E-state index in [0.717, 1.165) is 28.9 Å². The van der Waals surface area contributed by atoms with E-state index < -0.39 is 0 Å². The third-order valence-electron chi connectivity index (χ3n) is 4.90. The first-order valence-corrected chi connectivity index (χ1v) is 8.87. The van der Waals surface area contributed by atoms with E-state index in [1.165, 1.54) is 17.5 Å². The summed E-state index contributed by atoms with van der Waals surface area (Å²) in [5, 5.41) is 3.73. The van der Waals surface area contributed by atoms with Gasteiger partial charge >= 0.3 is 0 Å². The zero-order chi connectivity index (χ0) is 15.8. The van der Waals surface area contributed by atoms with Crippen LogP contribution in [-0.4, -0.2) is 13.7 Å². The van der Waals surface area contributed by atoms with E-state index in [1.54, 1.807) is 7.11 Å². The Kier molecular flexibility index (Phi) is 4.04. The highest BCUT2D eigenvalue weighted by atomic mass is 79.9. The van der Waals surface area contributed by atoms with Crippen molar-refractivity contribution in [1.82, 2.24) is 0 Å². The third-order valence-corrected chi connectivity index (χ3v) is 5.43. The molecule has 0 aliphatic carbocycles. The molecule has 120 valence electrons. The van der Waals surface area contributed by atoms with Crippen LogP contribution in [0.15, 0.2) is 46.9 Å². The van der Waals surface area contributed by atoms with Crippen LogP contribution in [0.5, 0.6) is 5.75 Å². The lowest BCUT2D eigenvalue weighted by Gasteiger charge is -2.43. The minimum Gasteiger partial charge on any atom is -0.497 e. The molecule has 3 nitrogen and oxygen atoms in total. The van der Waals surface area contributed by atoms with E-state index in [9.17, 15) is 0 Å². The first-order chi connectivity index (χ1) is 11.3. The molecule has 3 unspecified atom stereocenters. The minimum atomic E-state index is 0.142. The van der Waals surface area contributed by atoms with Gasteiger partial charge in [0.05, 0.1) is 19.3 Å². The Balaban J connectivity index is 1.75. The van der Waals surface area contributed by atoms with E-state index in [2.05, 4.69) is 57.6 Å². The molecular formula is C19H20BrNO2. The van der Waals surface area contributed by atoms with E-state index in [4.69, 9.17) is 9.47 Å². The van der Waals surface area contributed by atoms with Gasteiger partial charge in [-0.3, -0.25) is 0 Å². The number of ether oxygens (including phenoxy) is 2. The SMILES string of the molecule is COc1ccc2c(c1)C1OCCCC1C(c1ccc(Br)cc1)N2. The summed E-state index contributed by atoms with van der Waals surface area (Å²) >= 11 is 3.52. The van der Waals surface area contributed by atoms with Crippen LogP contribution in [0, 0.1) is 5.92 Å². The van der Waals surface area contributed by atoms with Crippen LogP contribution in [0.25, 0.3) is 0 Å². The molecule has 4 rings (SSSR count). The molecular weight excluding hydrogens is 354 g/mol. The van der Waals surface area contributed by atoms with Gasteiger partial charge in [0.25, 0.3) is 0 Å². The normalized spacial score (nSPS) is 25.9. The smallest absolute Gasteiger partial charge is 0.119 e. The van der Waals surface area contributed by atoms with Gasteiger partial charge in [0.15, 0.2) is 0 Å². The molecule has 4 heteroatoms. The lowest BCUT2D eigenvalue weighted by Crippen LogP contribution is -2.35. The molecule has 2 aliphatic rings. The number of rotatable bonds is 2. The zero-order valence-corrected chi connectivity index (χ0v) is 14.7. The third kappa shape index (κ3) is 2.74. The molecule has 3 atom stereocenters. The Labute approximate surface area is 145 Å². The molecule has 1 fully saturated rings. The van der Waals surface area contributed by atoms with Crippen LogP contribution >= 0.6 is 15.9 Å². The van der Waals surface area contributed by atoms with Crippen molar-refractivity contribution in [1.29, 1.82) is 0 Å². The molecule has 0 bridgehead atoms. The molecule has 0 spiro atoms. The van der Waals surface area contributed by atoms with Crippen LogP contribution in [0.2, 0.25) is 0 Å². The van der Waals surface area contributed by atoms with Crippen molar-refractivity contribution in [2.75, 3.05) is 19.0 Å². The van der Waals surface area contributed by atoms with Gasteiger partial charge in [-0.1, -0.05) is 28.1 Å². The fourth-order valence-corrected chi connectivity index (χ4v) is 4.04. The number of fused-ring (bicyclic) bond motifs is 3. The average molecular weight is 374 g/mol. The maximum absolute atomic E-state index is 6.18. The van der Waals surface area contributed by atoms with E-state index >= 15 is 0 Å². The monoisotopic (exact) mass is 373 g/mol. The van der Waals surface area contributed by atoms with Crippen LogP contribution in [0.3, 0.4) is 0 Å². The highest BCUT2D eigenvalue weighted by Crippen LogP contribution is 2.49. The van der Waals surface area contributed by atoms with Gasteiger partial charge in [-0.2, -0.15) is 0 Å². The summed E-state index contributed by atoms with van der Waals surface area (Å²) in [6, 6.07) is 15.1. The molecule has 2 heterocycles. The summed E-state index contributed by atoms with van der Waals surface area (Å²) in [7, 11) is 1.71. The summed E-state index contributed by atoms with van der Waals surface area (Å²) in [5.74, 6) is 1.34.